The summed E-state index contributed by atoms with van der Waals surface area (Å²) in [6, 6.07) is 0. The maximum absolute atomic E-state index is 12.8. The van der Waals surface area contributed by atoms with Gasteiger partial charge in [-0.15, -0.1) is 0 Å². The minimum absolute atomic E-state index is 0.00445. The van der Waals surface area contributed by atoms with E-state index in [1.165, 1.54) is 24.8 Å². The molecule has 2 nitrogen and oxygen atoms in total. The summed E-state index contributed by atoms with van der Waals surface area (Å²) in [6.07, 6.45) is 8.77. The van der Waals surface area contributed by atoms with Gasteiger partial charge in [-0.3, -0.25) is 4.79 Å². The number of carbonyl (C=O) groups excluding carboxylic acids is 1. The molecule has 0 bridgehead atoms. The van der Waals surface area contributed by atoms with Gasteiger partial charge in [-0.2, -0.15) is 0 Å². The van der Waals surface area contributed by atoms with E-state index in [0.717, 1.165) is 24.8 Å². The van der Waals surface area contributed by atoms with Crippen molar-refractivity contribution in [2.24, 2.45) is 28.6 Å². The van der Waals surface area contributed by atoms with E-state index in [-0.39, 0.29) is 10.8 Å². The lowest BCUT2D eigenvalue weighted by atomic mass is 9.47. The van der Waals surface area contributed by atoms with Crippen molar-refractivity contribution in [3.8, 4) is 0 Å². The van der Waals surface area contributed by atoms with E-state index in [9.17, 15) is 9.90 Å². The van der Waals surface area contributed by atoms with Crippen molar-refractivity contribution in [2.45, 2.75) is 64.9 Å². The third-order valence-corrected chi connectivity index (χ3v) is 7.87. The summed E-state index contributed by atoms with van der Waals surface area (Å²) < 4.78 is 0. The van der Waals surface area contributed by atoms with Crippen LogP contribution in [0.5, 0.6) is 0 Å². The molecule has 0 aliphatic heterocycles. The van der Waals surface area contributed by atoms with Gasteiger partial charge >= 0.3 is 0 Å². The van der Waals surface area contributed by atoms with Gasteiger partial charge in [0.05, 0.1) is 6.10 Å². The summed E-state index contributed by atoms with van der Waals surface area (Å²) >= 11 is 0. The lowest BCUT2D eigenvalue weighted by Gasteiger charge is -2.57. The van der Waals surface area contributed by atoms with E-state index in [1.807, 2.05) is 6.08 Å². The summed E-state index contributed by atoms with van der Waals surface area (Å²) in [5.41, 5.74) is 2.65. The second kappa shape index (κ2) is 4.56. The van der Waals surface area contributed by atoms with Crippen LogP contribution in [0.15, 0.2) is 23.8 Å². The Kier molecular flexibility index (Phi) is 3.05. The number of rotatable bonds is 0. The SMILES string of the molecule is C=C1CCC2C3CC(=O)C4=CC(O)CCC4(C)C3CCC12C. The molecular formula is C20H28O2. The summed E-state index contributed by atoms with van der Waals surface area (Å²) in [4.78, 5) is 12.8. The molecule has 120 valence electrons. The average Bonchev–Trinajstić information content (AvgIpc) is 2.77. The Bertz CT molecular complexity index is 574. The summed E-state index contributed by atoms with van der Waals surface area (Å²) in [5, 5.41) is 9.96. The molecule has 0 amide bonds. The van der Waals surface area contributed by atoms with E-state index in [1.54, 1.807) is 0 Å². The van der Waals surface area contributed by atoms with E-state index in [0.29, 0.717) is 30.0 Å². The van der Waals surface area contributed by atoms with Gasteiger partial charge in [0.1, 0.15) is 0 Å². The highest BCUT2D eigenvalue weighted by Crippen LogP contribution is 2.65. The second-order valence-electron chi connectivity index (χ2n) is 8.71. The average molecular weight is 300 g/mol. The smallest absolute Gasteiger partial charge is 0.159 e. The highest BCUT2D eigenvalue weighted by Gasteiger charge is 2.59. The van der Waals surface area contributed by atoms with Crippen molar-refractivity contribution in [1.29, 1.82) is 0 Å². The molecule has 3 fully saturated rings. The minimum Gasteiger partial charge on any atom is -0.389 e. The van der Waals surface area contributed by atoms with Crippen LogP contribution in [-0.4, -0.2) is 17.0 Å². The summed E-state index contributed by atoms with van der Waals surface area (Å²) in [5.74, 6) is 2.10. The van der Waals surface area contributed by atoms with Crippen molar-refractivity contribution in [3.63, 3.8) is 0 Å². The van der Waals surface area contributed by atoms with Crippen LogP contribution in [-0.2, 0) is 4.79 Å². The molecule has 4 aliphatic rings. The van der Waals surface area contributed by atoms with Gasteiger partial charge in [-0.25, -0.2) is 0 Å². The first-order chi connectivity index (χ1) is 10.4. The monoisotopic (exact) mass is 300 g/mol. The Hall–Kier alpha value is -0.890. The third-order valence-electron chi connectivity index (χ3n) is 7.87. The molecule has 0 saturated heterocycles. The summed E-state index contributed by atoms with van der Waals surface area (Å²) in [6.45, 7) is 9.04. The second-order valence-corrected chi connectivity index (χ2v) is 8.71. The zero-order valence-corrected chi connectivity index (χ0v) is 13.9. The zero-order chi connectivity index (χ0) is 15.7. The number of Topliss-reactive ketones (excluding diaryl/α,β-unsaturated/α-hetero) is 1. The van der Waals surface area contributed by atoms with Gasteiger partial charge in [-0.05, 0) is 78.8 Å². The number of allylic oxidation sites excluding steroid dienone is 2. The summed E-state index contributed by atoms with van der Waals surface area (Å²) in [7, 11) is 0. The van der Waals surface area contributed by atoms with Crippen LogP contribution in [0.1, 0.15) is 58.8 Å². The maximum Gasteiger partial charge on any atom is 0.159 e. The molecule has 0 heterocycles. The highest BCUT2D eigenvalue weighted by molar-refractivity contribution is 5.98. The van der Waals surface area contributed by atoms with Crippen molar-refractivity contribution in [3.05, 3.63) is 23.8 Å². The first-order valence-electron chi connectivity index (χ1n) is 8.98. The fourth-order valence-electron chi connectivity index (χ4n) is 6.44. The zero-order valence-electron chi connectivity index (χ0n) is 13.9. The van der Waals surface area contributed by atoms with E-state index >= 15 is 0 Å². The normalized spacial score (nSPS) is 51.0. The van der Waals surface area contributed by atoms with Crippen molar-refractivity contribution >= 4 is 5.78 Å². The minimum atomic E-state index is -0.413. The van der Waals surface area contributed by atoms with Crippen LogP contribution in [0.2, 0.25) is 0 Å². The highest BCUT2D eigenvalue weighted by atomic mass is 16.3. The Morgan fingerprint density at radius 1 is 1.14 bits per heavy atom. The van der Waals surface area contributed by atoms with Crippen molar-refractivity contribution < 1.29 is 9.90 Å². The first kappa shape index (κ1) is 14.7. The maximum atomic E-state index is 12.8. The molecule has 3 saturated carbocycles. The molecule has 4 rings (SSSR count). The van der Waals surface area contributed by atoms with Crippen molar-refractivity contribution in [1.82, 2.24) is 0 Å². The number of ketones is 1. The molecular weight excluding hydrogens is 272 g/mol. The van der Waals surface area contributed by atoms with Crippen molar-refractivity contribution in [2.75, 3.05) is 0 Å². The third kappa shape index (κ3) is 1.73. The molecule has 0 aromatic carbocycles. The van der Waals surface area contributed by atoms with E-state index in [2.05, 4.69) is 20.4 Å². The van der Waals surface area contributed by atoms with Crippen LogP contribution in [0, 0.1) is 28.6 Å². The molecule has 0 aromatic heterocycles. The van der Waals surface area contributed by atoms with Crippen LogP contribution >= 0.6 is 0 Å². The molecule has 22 heavy (non-hydrogen) atoms. The number of fused-ring (bicyclic) bond motifs is 5. The quantitative estimate of drug-likeness (QED) is 0.685. The predicted molar refractivity (Wildman–Crippen MR) is 87.2 cm³/mol. The fraction of sp³-hybridized carbons (Fsp3) is 0.750. The molecule has 0 radical (unpaired) electrons. The molecule has 0 aromatic rings. The van der Waals surface area contributed by atoms with Gasteiger partial charge in [0.15, 0.2) is 5.78 Å². The topological polar surface area (TPSA) is 37.3 Å². The van der Waals surface area contributed by atoms with E-state index in [4.69, 9.17) is 0 Å². The van der Waals surface area contributed by atoms with Gasteiger partial charge in [-0.1, -0.05) is 26.0 Å². The largest absolute Gasteiger partial charge is 0.389 e. The number of carbonyl (C=O) groups is 1. The number of aliphatic hydroxyl groups excluding tert-OH is 1. The molecule has 6 atom stereocenters. The molecule has 2 heteroatoms. The lowest BCUT2D eigenvalue weighted by molar-refractivity contribution is -0.127. The predicted octanol–water partition coefficient (Wildman–Crippen LogP) is 4.05. The van der Waals surface area contributed by atoms with Crippen LogP contribution in [0.3, 0.4) is 0 Å². The van der Waals surface area contributed by atoms with E-state index < -0.39 is 6.10 Å². The molecule has 4 aliphatic carbocycles. The lowest BCUT2D eigenvalue weighted by Crippen LogP contribution is -2.52. The molecule has 6 unspecified atom stereocenters. The van der Waals surface area contributed by atoms with Gasteiger partial charge in [0.2, 0.25) is 0 Å². The standard InChI is InChI=1S/C20H28O2/c1-12-4-5-15-14-11-18(22)17-10-13(21)6-8-20(17,3)16(14)7-9-19(12,15)2/h10,13-16,21H,1,4-9,11H2,2-3H3. The number of aliphatic hydroxyl groups is 1. The molecule has 0 spiro atoms. The van der Waals surface area contributed by atoms with Gasteiger partial charge in [0.25, 0.3) is 0 Å². The van der Waals surface area contributed by atoms with Crippen LogP contribution < -0.4 is 0 Å². The Labute approximate surface area is 133 Å². The number of hydrogen-bond acceptors (Lipinski definition) is 2. The molecule has 1 N–H and O–H groups in total. The Balaban J connectivity index is 1.75. The number of hydrogen-bond donors (Lipinski definition) is 1. The fourth-order valence-corrected chi connectivity index (χ4v) is 6.44. The Morgan fingerprint density at radius 3 is 2.59 bits per heavy atom. The van der Waals surface area contributed by atoms with Crippen LogP contribution in [0.25, 0.3) is 0 Å². The Morgan fingerprint density at radius 2 is 1.82 bits per heavy atom. The van der Waals surface area contributed by atoms with Gasteiger partial charge in [0, 0.05) is 6.42 Å². The van der Waals surface area contributed by atoms with Gasteiger partial charge < -0.3 is 5.11 Å². The van der Waals surface area contributed by atoms with Crippen LogP contribution in [0.4, 0.5) is 0 Å². The first-order valence-corrected chi connectivity index (χ1v) is 8.98.